The number of ketones is 1. The molecule has 1 amide bonds. The first-order chi connectivity index (χ1) is 12.8. The van der Waals surface area contributed by atoms with Gasteiger partial charge >= 0.3 is 5.97 Å². The molecule has 5 nitrogen and oxygen atoms in total. The van der Waals surface area contributed by atoms with Gasteiger partial charge in [0.25, 0.3) is 0 Å². The Balaban J connectivity index is 1.60. The number of amides is 1. The van der Waals surface area contributed by atoms with E-state index in [4.69, 9.17) is 4.74 Å². The van der Waals surface area contributed by atoms with Gasteiger partial charge in [-0.1, -0.05) is 0 Å². The Bertz CT molecular complexity index is 891. The van der Waals surface area contributed by atoms with E-state index < -0.39 is 29.5 Å². The number of halogens is 2. The van der Waals surface area contributed by atoms with Crippen LogP contribution in [0.15, 0.2) is 42.5 Å². The van der Waals surface area contributed by atoms with Crippen LogP contribution >= 0.6 is 0 Å². The molecule has 0 aliphatic heterocycles. The van der Waals surface area contributed by atoms with Crippen molar-refractivity contribution < 1.29 is 27.9 Å². The predicted octanol–water partition coefficient (Wildman–Crippen LogP) is 3.74. The lowest BCUT2D eigenvalue weighted by Crippen LogP contribution is -2.24. The molecule has 140 valence electrons. The molecule has 0 saturated heterocycles. The number of rotatable bonds is 6. The molecule has 3 rings (SSSR count). The summed E-state index contributed by atoms with van der Waals surface area (Å²) in [7, 11) is 0. The van der Waals surface area contributed by atoms with Crippen LogP contribution < -0.4 is 5.32 Å². The molecule has 1 fully saturated rings. The fourth-order valence-corrected chi connectivity index (χ4v) is 2.45. The molecular weight excluding hydrogens is 356 g/mol. The number of carbonyl (C=O) groups excluding carboxylic acids is 3. The summed E-state index contributed by atoms with van der Waals surface area (Å²) >= 11 is 0. The van der Waals surface area contributed by atoms with Gasteiger partial charge in [-0.2, -0.15) is 0 Å². The van der Waals surface area contributed by atoms with Crippen LogP contribution in [0.2, 0.25) is 0 Å². The topological polar surface area (TPSA) is 72.5 Å². The monoisotopic (exact) mass is 373 g/mol. The highest BCUT2D eigenvalue weighted by Gasteiger charge is 2.29. The molecule has 0 bridgehead atoms. The van der Waals surface area contributed by atoms with Gasteiger partial charge in [-0.15, -0.1) is 0 Å². The van der Waals surface area contributed by atoms with Crippen molar-refractivity contribution in [1.82, 2.24) is 0 Å². The van der Waals surface area contributed by atoms with E-state index in [1.165, 1.54) is 19.1 Å². The van der Waals surface area contributed by atoms with Crippen molar-refractivity contribution in [3.8, 4) is 0 Å². The van der Waals surface area contributed by atoms with Crippen LogP contribution in [-0.2, 0) is 9.53 Å². The summed E-state index contributed by atoms with van der Waals surface area (Å²) in [4.78, 5) is 36.1. The zero-order valence-electron chi connectivity index (χ0n) is 14.5. The highest BCUT2D eigenvalue weighted by atomic mass is 19.2. The van der Waals surface area contributed by atoms with Crippen LogP contribution in [0.3, 0.4) is 0 Å². The molecule has 2 aromatic rings. The third kappa shape index (κ3) is 4.55. The number of ether oxygens (including phenoxy) is 1. The van der Waals surface area contributed by atoms with Crippen molar-refractivity contribution in [2.45, 2.75) is 25.9 Å². The summed E-state index contributed by atoms with van der Waals surface area (Å²) in [6, 6.07) is 8.81. The fourth-order valence-electron chi connectivity index (χ4n) is 2.45. The van der Waals surface area contributed by atoms with Crippen molar-refractivity contribution >= 4 is 23.3 Å². The zero-order valence-corrected chi connectivity index (χ0v) is 14.5. The standard InChI is InChI=1S/C20H17F2NO4/c1-11(18(24)14-6-9-16(21)17(22)10-14)27-20(26)13-4-7-15(8-5-13)23-19(25)12-2-3-12/h4-12H,2-3H2,1H3,(H,23,25). The second kappa shape index (κ2) is 7.65. The van der Waals surface area contributed by atoms with Crippen molar-refractivity contribution in [1.29, 1.82) is 0 Å². The van der Waals surface area contributed by atoms with E-state index in [1.807, 2.05) is 0 Å². The van der Waals surface area contributed by atoms with Gasteiger partial charge in [-0.25, -0.2) is 13.6 Å². The smallest absolute Gasteiger partial charge is 0.338 e. The average molecular weight is 373 g/mol. The number of carbonyl (C=O) groups is 3. The van der Waals surface area contributed by atoms with E-state index >= 15 is 0 Å². The first-order valence-corrected chi connectivity index (χ1v) is 8.46. The molecular formula is C20H17F2NO4. The van der Waals surface area contributed by atoms with Gasteiger partial charge in [0, 0.05) is 17.2 Å². The first-order valence-electron chi connectivity index (χ1n) is 8.46. The number of hydrogen-bond acceptors (Lipinski definition) is 4. The molecule has 0 heterocycles. The van der Waals surface area contributed by atoms with Gasteiger partial charge in [0.1, 0.15) is 0 Å². The van der Waals surface area contributed by atoms with Crippen molar-refractivity contribution in [3.63, 3.8) is 0 Å². The molecule has 1 aliphatic rings. The highest BCUT2D eigenvalue weighted by molar-refractivity contribution is 6.01. The fraction of sp³-hybridized carbons (Fsp3) is 0.250. The Morgan fingerprint density at radius 3 is 2.22 bits per heavy atom. The normalized spacial score (nSPS) is 14.3. The van der Waals surface area contributed by atoms with Gasteiger partial charge in [-0.05, 0) is 62.2 Å². The predicted molar refractivity (Wildman–Crippen MR) is 93.4 cm³/mol. The second-order valence-corrected chi connectivity index (χ2v) is 6.38. The van der Waals surface area contributed by atoms with Gasteiger partial charge in [0.2, 0.25) is 11.7 Å². The maximum absolute atomic E-state index is 13.2. The number of nitrogens with one attached hydrogen (secondary N) is 1. The third-order valence-electron chi connectivity index (χ3n) is 4.19. The largest absolute Gasteiger partial charge is 0.451 e. The third-order valence-corrected chi connectivity index (χ3v) is 4.19. The first kappa shape index (κ1) is 18.7. The Labute approximate surface area is 154 Å². The van der Waals surface area contributed by atoms with Crippen molar-refractivity contribution in [3.05, 3.63) is 65.2 Å². The van der Waals surface area contributed by atoms with Gasteiger partial charge < -0.3 is 10.1 Å². The Kier molecular flexibility index (Phi) is 5.30. The molecule has 1 unspecified atom stereocenters. The minimum atomic E-state index is -1.17. The van der Waals surface area contributed by atoms with E-state index in [0.29, 0.717) is 5.69 Å². The van der Waals surface area contributed by atoms with E-state index in [9.17, 15) is 23.2 Å². The van der Waals surface area contributed by atoms with E-state index in [0.717, 1.165) is 31.0 Å². The van der Waals surface area contributed by atoms with Crippen LogP contribution in [0.25, 0.3) is 0 Å². The van der Waals surface area contributed by atoms with Gasteiger partial charge in [0.05, 0.1) is 5.56 Å². The van der Waals surface area contributed by atoms with Crippen LogP contribution in [0.4, 0.5) is 14.5 Å². The number of hydrogen-bond donors (Lipinski definition) is 1. The molecule has 0 aromatic heterocycles. The lowest BCUT2D eigenvalue weighted by atomic mass is 10.1. The van der Waals surface area contributed by atoms with E-state index in [-0.39, 0.29) is 23.0 Å². The van der Waals surface area contributed by atoms with E-state index in [1.54, 1.807) is 12.1 Å². The summed E-state index contributed by atoms with van der Waals surface area (Å²) in [6.45, 7) is 1.35. The lowest BCUT2D eigenvalue weighted by molar-refractivity contribution is -0.117. The lowest BCUT2D eigenvalue weighted by Gasteiger charge is -2.13. The van der Waals surface area contributed by atoms with E-state index in [2.05, 4.69) is 5.32 Å². The molecule has 7 heteroatoms. The number of esters is 1. The van der Waals surface area contributed by atoms with Crippen LogP contribution in [0, 0.1) is 17.6 Å². The summed E-state index contributed by atoms with van der Waals surface area (Å²) in [5.41, 5.74) is 0.672. The molecule has 1 N–H and O–H groups in total. The second-order valence-electron chi connectivity index (χ2n) is 6.38. The minimum absolute atomic E-state index is 0.0453. The summed E-state index contributed by atoms with van der Waals surface area (Å²) in [6.07, 6.45) is 0.608. The van der Waals surface area contributed by atoms with Crippen LogP contribution in [0.5, 0.6) is 0 Å². The van der Waals surface area contributed by atoms with Gasteiger partial charge in [0.15, 0.2) is 17.7 Å². The average Bonchev–Trinajstić information content (AvgIpc) is 3.49. The van der Waals surface area contributed by atoms with Gasteiger partial charge in [-0.3, -0.25) is 9.59 Å². The van der Waals surface area contributed by atoms with Crippen LogP contribution in [0.1, 0.15) is 40.5 Å². The Morgan fingerprint density at radius 1 is 1.00 bits per heavy atom. The molecule has 2 aromatic carbocycles. The molecule has 1 aliphatic carbocycles. The number of anilines is 1. The maximum atomic E-state index is 13.2. The summed E-state index contributed by atoms with van der Waals surface area (Å²) in [5.74, 6) is -3.57. The molecule has 0 radical (unpaired) electrons. The molecule has 1 atom stereocenters. The van der Waals surface area contributed by atoms with Crippen molar-refractivity contribution in [2.24, 2.45) is 5.92 Å². The summed E-state index contributed by atoms with van der Waals surface area (Å²) in [5, 5.41) is 2.75. The highest BCUT2D eigenvalue weighted by Crippen LogP contribution is 2.30. The molecule has 0 spiro atoms. The molecule has 27 heavy (non-hydrogen) atoms. The zero-order chi connectivity index (χ0) is 19.6. The quantitative estimate of drug-likeness (QED) is 0.618. The number of benzene rings is 2. The number of Topliss-reactive ketones (excluding diaryl/α,β-unsaturated/α-hetero) is 1. The Morgan fingerprint density at radius 2 is 1.63 bits per heavy atom. The minimum Gasteiger partial charge on any atom is -0.451 e. The van der Waals surface area contributed by atoms with Crippen molar-refractivity contribution in [2.75, 3.05) is 5.32 Å². The summed E-state index contributed by atoms with van der Waals surface area (Å²) < 4.78 is 31.3. The SMILES string of the molecule is CC(OC(=O)c1ccc(NC(=O)C2CC2)cc1)C(=O)c1ccc(F)c(F)c1. The Hall–Kier alpha value is -3.09. The maximum Gasteiger partial charge on any atom is 0.338 e. The van der Waals surface area contributed by atoms with Crippen LogP contribution in [-0.4, -0.2) is 23.8 Å². The molecule has 1 saturated carbocycles.